The molecule has 61 heavy (non-hydrogen) atoms. The first-order chi connectivity index (χ1) is 30.3. The van der Waals surface area contributed by atoms with Gasteiger partial charge >= 0.3 is 0 Å². The number of allylic oxidation sites excluding steroid dienone is 8. The quantitative estimate of drug-likeness (QED) is 0.134. The summed E-state index contributed by atoms with van der Waals surface area (Å²) in [5.74, 6) is 0. The minimum absolute atomic E-state index is 0.936. The lowest BCUT2D eigenvalue weighted by atomic mass is 9.87. The van der Waals surface area contributed by atoms with Gasteiger partial charge in [-0.3, -0.25) is 0 Å². The molecular formula is C60H47N. The van der Waals surface area contributed by atoms with Crippen LogP contribution in [0.3, 0.4) is 0 Å². The summed E-state index contributed by atoms with van der Waals surface area (Å²) < 4.78 is 0. The Hall–Kier alpha value is -7.48. The van der Waals surface area contributed by atoms with Gasteiger partial charge in [-0.15, -0.1) is 0 Å². The maximum atomic E-state index is 2.51. The van der Waals surface area contributed by atoms with Crippen molar-refractivity contribution < 1.29 is 0 Å². The Morgan fingerprint density at radius 3 is 1.10 bits per heavy atom. The molecule has 0 unspecified atom stereocenters. The third kappa shape index (κ3) is 7.87. The average molecular weight is 782 g/mol. The van der Waals surface area contributed by atoms with Crippen molar-refractivity contribution in [3.63, 3.8) is 0 Å². The van der Waals surface area contributed by atoms with E-state index in [0.29, 0.717) is 0 Å². The Bertz CT molecular complexity index is 2760. The molecule has 8 aromatic rings. The number of hydrogen-bond donors (Lipinski definition) is 0. The molecule has 0 fully saturated rings. The normalized spacial score (nSPS) is 13.5. The molecular weight excluding hydrogens is 735 g/mol. The van der Waals surface area contributed by atoms with Crippen molar-refractivity contribution in [3.05, 3.63) is 253 Å². The van der Waals surface area contributed by atoms with Crippen molar-refractivity contribution in [1.82, 2.24) is 0 Å². The van der Waals surface area contributed by atoms with Crippen LogP contribution < -0.4 is 4.90 Å². The topological polar surface area (TPSA) is 3.24 Å². The summed E-state index contributed by atoms with van der Waals surface area (Å²) in [6.45, 7) is 0. The predicted molar refractivity (Wildman–Crippen MR) is 259 cm³/mol. The van der Waals surface area contributed by atoms with Crippen LogP contribution in [-0.2, 0) is 0 Å². The van der Waals surface area contributed by atoms with Crippen LogP contribution in [0.4, 0.5) is 11.4 Å². The molecule has 2 aliphatic rings. The van der Waals surface area contributed by atoms with Crippen molar-refractivity contribution in [2.24, 2.45) is 0 Å². The Kier molecular flexibility index (Phi) is 10.8. The van der Waals surface area contributed by atoms with Crippen LogP contribution in [0, 0.1) is 0 Å². The van der Waals surface area contributed by atoms with Gasteiger partial charge in [-0.25, -0.2) is 0 Å². The van der Waals surface area contributed by atoms with Gasteiger partial charge in [0.2, 0.25) is 0 Å². The highest BCUT2D eigenvalue weighted by Crippen LogP contribution is 2.46. The molecule has 0 radical (unpaired) electrons. The van der Waals surface area contributed by atoms with Crippen LogP contribution >= 0.6 is 0 Å². The van der Waals surface area contributed by atoms with Crippen molar-refractivity contribution in [1.29, 1.82) is 0 Å². The lowest BCUT2D eigenvalue weighted by Crippen LogP contribution is -2.18. The highest BCUT2D eigenvalue weighted by molar-refractivity contribution is 5.96. The van der Waals surface area contributed by atoms with Gasteiger partial charge in [0.1, 0.15) is 0 Å². The summed E-state index contributed by atoms with van der Waals surface area (Å²) in [5, 5.41) is 0. The zero-order valence-electron chi connectivity index (χ0n) is 34.3. The fourth-order valence-electron chi connectivity index (χ4n) is 9.13. The molecule has 0 saturated carbocycles. The van der Waals surface area contributed by atoms with E-state index in [1.54, 1.807) is 0 Å². The summed E-state index contributed by atoms with van der Waals surface area (Å²) in [7, 11) is 0. The summed E-state index contributed by atoms with van der Waals surface area (Å²) in [6.07, 6.45) is 15.7. The molecule has 8 aromatic carbocycles. The van der Waals surface area contributed by atoms with Crippen LogP contribution in [0.1, 0.15) is 25.7 Å². The van der Waals surface area contributed by atoms with E-state index >= 15 is 0 Å². The van der Waals surface area contributed by atoms with Crippen molar-refractivity contribution in [3.8, 4) is 66.8 Å². The Morgan fingerprint density at radius 2 is 0.689 bits per heavy atom. The van der Waals surface area contributed by atoms with Gasteiger partial charge < -0.3 is 4.90 Å². The van der Waals surface area contributed by atoms with Gasteiger partial charge in [-0.2, -0.15) is 0 Å². The first kappa shape index (κ1) is 37.8. The summed E-state index contributed by atoms with van der Waals surface area (Å²) >= 11 is 0. The molecule has 10 rings (SSSR count). The monoisotopic (exact) mass is 781 g/mol. The van der Waals surface area contributed by atoms with Gasteiger partial charge in [0.15, 0.2) is 0 Å². The van der Waals surface area contributed by atoms with Crippen LogP contribution in [0.25, 0.3) is 66.8 Å². The number of hydrogen-bond acceptors (Lipinski definition) is 1. The van der Waals surface area contributed by atoms with Crippen molar-refractivity contribution >= 4 is 11.4 Å². The largest absolute Gasteiger partial charge is 0.314 e. The first-order valence-corrected chi connectivity index (χ1v) is 21.5. The van der Waals surface area contributed by atoms with Crippen LogP contribution in [0.15, 0.2) is 253 Å². The molecule has 2 aliphatic carbocycles. The first-order valence-electron chi connectivity index (χ1n) is 21.5. The van der Waals surface area contributed by atoms with E-state index in [2.05, 4.69) is 242 Å². The number of benzene rings is 8. The van der Waals surface area contributed by atoms with E-state index in [1.165, 1.54) is 83.6 Å². The van der Waals surface area contributed by atoms with E-state index in [0.717, 1.165) is 37.1 Å². The van der Waals surface area contributed by atoms with E-state index in [4.69, 9.17) is 0 Å². The molecule has 0 spiro atoms. The SMILES string of the molecule is C1=CCCC(C2=CC=C(N(c3ccc(-c4ccccc4-c4ccccc4)c(-c4ccccc4)c3)c3ccc(-c4ccccc4-c4ccccc4)c(-c4ccccc4)c3)CC2)=C1. The fraction of sp³-hybridized carbons (Fsp3) is 0.0667. The molecule has 0 aliphatic heterocycles. The van der Waals surface area contributed by atoms with Gasteiger partial charge in [0.05, 0.1) is 0 Å². The molecule has 0 atom stereocenters. The second kappa shape index (κ2) is 17.4. The second-order valence-electron chi connectivity index (χ2n) is 15.9. The van der Waals surface area contributed by atoms with Gasteiger partial charge in [0, 0.05) is 17.1 Å². The van der Waals surface area contributed by atoms with E-state index < -0.39 is 0 Å². The standard InChI is InChI=1S/C60H47N/c1-6-20-44(21-7-1)45-34-36-50(37-35-45)61(51-38-40-57(59(42-51)48-26-12-4-13-27-48)55-32-18-16-30-53(55)46-22-8-2-9-23-46)52-39-41-58(60(43-52)49-28-14-5-15-29-49)56-33-19-17-31-54(56)47-24-10-3-11-25-47/h1-6,8-20,22-34,36,38-43H,7,21,35,37H2. The maximum Gasteiger partial charge on any atom is 0.0465 e. The second-order valence-corrected chi connectivity index (χ2v) is 15.9. The average Bonchev–Trinajstić information content (AvgIpc) is 3.35. The molecule has 1 nitrogen and oxygen atoms in total. The molecule has 0 amide bonds. The van der Waals surface area contributed by atoms with E-state index in [-0.39, 0.29) is 0 Å². The van der Waals surface area contributed by atoms with Crippen molar-refractivity contribution in [2.75, 3.05) is 4.90 Å². The molecule has 0 bridgehead atoms. The molecule has 292 valence electrons. The third-order valence-electron chi connectivity index (χ3n) is 12.1. The zero-order valence-corrected chi connectivity index (χ0v) is 34.3. The lowest BCUT2D eigenvalue weighted by Gasteiger charge is -2.32. The highest BCUT2D eigenvalue weighted by atomic mass is 15.1. The number of nitrogens with zero attached hydrogens (tertiary/aromatic N) is 1. The smallest absolute Gasteiger partial charge is 0.0465 e. The molecule has 1 heteroatoms. The minimum atomic E-state index is 0.936. The van der Waals surface area contributed by atoms with Gasteiger partial charge in [0.25, 0.3) is 0 Å². The minimum Gasteiger partial charge on any atom is -0.314 e. The Morgan fingerprint density at radius 1 is 0.295 bits per heavy atom. The van der Waals surface area contributed by atoms with Crippen LogP contribution in [0.2, 0.25) is 0 Å². The zero-order chi connectivity index (χ0) is 40.8. The van der Waals surface area contributed by atoms with E-state index in [1.807, 2.05) is 0 Å². The summed E-state index contributed by atoms with van der Waals surface area (Å²) in [5.41, 5.74) is 21.0. The third-order valence-corrected chi connectivity index (χ3v) is 12.1. The lowest BCUT2D eigenvalue weighted by molar-refractivity contribution is 0.851. The summed E-state index contributed by atoms with van der Waals surface area (Å²) in [6, 6.07) is 75.1. The predicted octanol–water partition coefficient (Wildman–Crippen LogP) is 16.7. The number of rotatable bonds is 10. The number of anilines is 2. The summed E-state index contributed by atoms with van der Waals surface area (Å²) in [4.78, 5) is 2.51. The van der Waals surface area contributed by atoms with E-state index in [9.17, 15) is 0 Å². The Labute approximate surface area is 360 Å². The van der Waals surface area contributed by atoms with Crippen LogP contribution in [0.5, 0.6) is 0 Å². The molecule has 0 saturated heterocycles. The highest BCUT2D eigenvalue weighted by Gasteiger charge is 2.23. The van der Waals surface area contributed by atoms with Crippen LogP contribution in [-0.4, -0.2) is 0 Å². The Balaban J connectivity index is 1.18. The van der Waals surface area contributed by atoms with Crippen molar-refractivity contribution in [2.45, 2.75) is 25.7 Å². The van der Waals surface area contributed by atoms with Gasteiger partial charge in [-0.05, 0) is 134 Å². The molecule has 0 aromatic heterocycles. The molecule has 0 heterocycles. The van der Waals surface area contributed by atoms with Gasteiger partial charge in [-0.1, -0.05) is 206 Å². The maximum absolute atomic E-state index is 2.51. The molecule has 0 N–H and O–H groups in total. The fourth-order valence-corrected chi connectivity index (χ4v) is 9.13.